The highest BCUT2D eigenvalue weighted by atomic mass is 16.1. The molecule has 0 radical (unpaired) electrons. The third-order valence-corrected chi connectivity index (χ3v) is 4.92. The average molecular weight is 334 g/mol. The van der Waals surface area contributed by atoms with E-state index < -0.39 is 0 Å². The van der Waals surface area contributed by atoms with Crippen LogP contribution in [0.25, 0.3) is 22.2 Å². The molecule has 1 N–H and O–H groups in total. The van der Waals surface area contributed by atoms with E-state index in [0.29, 0.717) is 5.65 Å². The zero-order valence-corrected chi connectivity index (χ0v) is 14.4. The topological polar surface area (TPSA) is 52.2 Å². The van der Waals surface area contributed by atoms with Crippen molar-refractivity contribution in [2.45, 2.75) is 6.92 Å². The number of pyridine rings is 2. The highest BCUT2D eigenvalue weighted by molar-refractivity contribution is 5.94. The number of nitrogens with one attached hydrogen (secondary N) is 1. The molecule has 2 aromatic heterocycles. The van der Waals surface area contributed by atoms with Crippen molar-refractivity contribution in [1.29, 1.82) is 0 Å². The average Bonchev–Trinajstić information content (AvgIpc) is 2.67. The number of aromatic amines is 1. The molecular formula is C20H22N4O. The Morgan fingerprint density at radius 3 is 2.52 bits per heavy atom. The minimum atomic E-state index is -0.119. The zero-order valence-electron chi connectivity index (χ0n) is 14.4. The normalized spacial score (nSPS) is 15.6. The minimum absolute atomic E-state index is 0.119. The van der Waals surface area contributed by atoms with Gasteiger partial charge in [-0.25, -0.2) is 4.98 Å². The van der Waals surface area contributed by atoms with Crippen LogP contribution in [0.15, 0.2) is 53.3 Å². The summed E-state index contributed by atoms with van der Waals surface area (Å²) in [5, 5.41) is 0.974. The predicted molar refractivity (Wildman–Crippen MR) is 102 cm³/mol. The molecule has 1 aromatic carbocycles. The molecule has 4 rings (SSSR count). The fraction of sp³-hybridized carbons (Fsp3) is 0.300. The Hall–Kier alpha value is -2.66. The number of H-pyrrole nitrogens is 1. The number of benzene rings is 1. The third kappa shape index (κ3) is 3.15. The second-order valence-electron chi connectivity index (χ2n) is 6.40. The zero-order chi connectivity index (χ0) is 17.2. The van der Waals surface area contributed by atoms with E-state index in [-0.39, 0.29) is 5.56 Å². The second-order valence-corrected chi connectivity index (χ2v) is 6.40. The number of hydrogen-bond donors (Lipinski definition) is 1. The summed E-state index contributed by atoms with van der Waals surface area (Å²) in [4.78, 5) is 24.2. The van der Waals surface area contributed by atoms with Gasteiger partial charge in [-0.05, 0) is 29.8 Å². The molecule has 1 aliphatic heterocycles. The monoisotopic (exact) mass is 334 g/mol. The SMILES string of the molecule is CCN1CCN(c2cc(-c3ccccc3)c3ccc(=O)[nH]c3n2)CC1. The number of nitrogens with zero attached hydrogens (tertiary/aromatic N) is 3. The molecule has 0 atom stereocenters. The lowest BCUT2D eigenvalue weighted by Crippen LogP contribution is -2.46. The first kappa shape index (κ1) is 15.8. The minimum Gasteiger partial charge on any atom is -0.354 e. The van der Waals surface area contributed by atoms with Crippen LogP contribution in [0.5, 0.6) is 0 Å². The van der Waals surface area contributed by atoms with Crippen LogP contribution in [0.3, 0.4) is 0 Å². The highest BCUT2D eigenvalue weighted by Gasteiger charge is 2.18. The maximum atomic E-state index is 11.8. The molecule has 0 amide bonds. The summed E-state index contributed by atoms with van der Waals surface area (Å²) in [6.07, 6.45) is 0. The summed E-state index contributed by atoms with van der Waals surface area (Å²) in [5.74, 6) is 0.934. The molecule has 3 heterocycles. The van der Waals surface area contributed by atoms with Gasteiger partial charge in [0, 0.05) is 37.6 Å². The van der Waals surface area contributed by atoms with Crippen LogP contribution in [0.2, 0.25) is 0 Å². The van der Waals surface area contributed by atoms with Gasteiger partial charge in [0.2, 0.25) is 5.56 Å². The molecule has 1 aliphatic rings. The van der Waals surface area contributed by atoms with E-state index in [0.717, 1.165) is 55.1 Å². The van der Waals surface area contributed by atoms with E-state index in [4.69, 9.17) is 4.98 Å². The van der Waals surface area contributed by atoms with Gasteiger partial charge in [-0.3, -0.25) is 4.79 Å². The van der Waals surface area contributed by atoms with E-state index in [1.54, 1.807) is 6.07 Å². The first-order valence-corrected chi connectivity index (χ1v) is 8.81. The van der Waals surface area contributed by atoms with Crippen molar-refractivity contribution >= 4 is 16.9 Å². The van der Waals surface area contributed by atoms with Crippen molar-refractivity contribution in [2.24, 2.45) is 0 Å². The molecule has 128 valence electrons. The van der Waals surface area contributed by atoms with Crippen LogP contribution in [0.1, 0.15) is 6.92 Å². The fourth-order valence-corrected chi connectivity index (χ4v) is 3.43. The lowest BCUT2D eigenvalue weighted by atomic mass is 10.0. The lowest BCUT2D eigenvalue weighted by molar-refractivity contribution is 0.270. The Balaban J connectivity index is 1.82. The van der Waals surface area contributed by atoms with E-state index in [2.05, 4.69) is 39.9 Å². The molecule has 5 heteroatoms. The molecule has 1 fully saturated rings. The molecule has 1 saturated heterocycles. The Morgan fingerprint density at radius 1 is 1.04 bits per heavy atom. The molecule has 3 aromatic rings. The number of likely N-dealkylation sites (N-methyl/N-ethyl adjacent to an activating group) is 1. The van der Waals surface area contributed by atoms with E-state index in [1.807, 2.05) is 24.3 Å². The number of anilines is 1. The van der Waals surface area contributed by atoms with Gasteiger partial charge >= 0.3 is 0 Å². The lowest BCUT2D eigenvalue weighted by Gasteiger charge is -2.35. The molecule has 0 unspecified atom stereocenters. The second kappa shape index (κ2) is 6.69. The number of hydrogen-bond acceptors (Lipinski definition) is 4. The number of rotatable bonds is 3. The van der Waals surface area contributed by atoms with Gasteiger partial charge in [-0.1, -0.05) is 37.3 Å². The van der Waals surface area contributed by atoms with Crippen molar-refractivity contribution < 1.29 is 0 Å². The molecular weight excluding hydrogens is 312 g/mol. The van der Waals surface area contributed by atoms with Gasteiger partial charge in [0.25, 0.3) is 0 Å². The van der Waals surface area contributed by atoms with Gasteiger partial charge in [-0.2, -0.15) is 0 Å². The Kier molecular flexibility index (Phi) is 4.24. The number of piperazine rings is 1. The van der Waals surface area contributed by atoms with Gasteiger partial charge < -0.3 is 14.8 Å². The van der Waals surface area contributed by atoms with Gasteiger partial charge in [0.15, 0.2) is 0 Å². The van der Waals surface area contributed by atoms with E-state index in [9.17, 15) is 4.79 Å². The van der Waals surface area contributed by atoms with Crippen LogP contribution in [-0.2, 0) is 0 Å². The fourth-order valence-electron chi connectivity index (χ4n) is 3.43. The summed E-state index contributed by atoms with van der Waals surface area (Å²) >= 11 is 0. The van der Waals surface area contributed by atoms with Crippen LogP contribution in [0.4, 0.5) is 5.82 Å². The smallest absolute Gasteiger partial charge is 0.249 e. The number of fused-ring (bicyclic) bond motifs is 1. The van der Waals surface area contributed by atoms with Crippen LogP contribution in [0, 0.1) is 0 Å². The first-order chi connectivity index (χ1) is 12.2. The number of aromatic nitrogens is 2. The van der Waals surface area contributed by atoms with Gasteiger partial charge in [0.1, 0.15) is 11.5 Å². The molecule has 0 saturated carbocycles. The van der Waals surface area contributed by atoms with E-state index >= 15 is 0 Å². The van der Waals surface area contributed by atoms with Crippen molar-refractivity contribution in [3.8, 4) is 11.1 Å². The highest BCUT2D eigenvalue weighted by Crippen LogP contribution is 2.30. The Labute approximate surface area is 146 Å². The Bertz CT molecular complexity index is 927. The van der Waals surface area contributed by atoms with Gasteiger partial charge in [0.05, 0.1) is 0 Å². The van der Waals surface area contributed by atoms with Crippen LogP contribution >= 0.6 is 0 Å². The summed E-state index contributed by atoms with van der Waals surface area (Å²) in [7, 11) is 0. The molecule has 5 nitrogen and oxygen atoms in total. The molecule has 0 bridgehead atoms. The van der Waals surface area contributed by atoms with Crippen molar-refractivity contribution in [3.63, 3.8) is 0 Å². The van der Waals surface area contributed by atoms with Gasteiger partial charge in [-0.15, -0.1) is 0 Å². The van der Waals surface area contributed by atoms with Crippen molar-refractivity contribution in [3.05, 3.63) is 58.9 Å². The standard InChI is InChI=1S/C20H22N4O/c1-2-23-10-12-24(13-11-23)18-14-17(15-6-4-3-5-7-15)16-8-9-19(25)22-20(16)21-18/h3-9,14H,2,10-13H2,1H3,(H,21,22,25). The maximum absolute atomic E-state index is 11.8. The third-order valence-electron chi connectivity index (χ3n) is 4.92. The predicted octanol–water partition coefficient (Wildman–Crippen LogP) is 2.73. The molecule has 0 spiro atoms. The quantitative estimate of drug-likeness (QED) is 0.800. The summed E-state index contributed by atoms with van der Waals surface area (Å²) in [5.41, 5.74) is 2.78. The van der Waals surface area contributed by atoms with Crippen LogP contribution in [-0.4, -0.2) is 47.6 Å². The van der Waals surface area contributed by atoms with Crippen molar-refractivity contribution in [1.82, 2.24) is 14.9 Å². The summed E-state index contributed by atoms with van der Waals surface area (Å²) in [6, 6.07) is 15.9. The largest absolute Gasteiger partial charge is 0.354 e. The van der Waals surface area contributed by atoms with Crippen LogP contribution < -0.4 is 10.5 Å². The summed E-state index contributed by atoms with van der Waals surface area (Å²) in [6.45, 7) is 7.28. The Morgan fingerprint density at radius 2 is 1.80 bits per heavy atom. The van der Waals surface area contributed by atoms with Crippen molar-refractivity contribution in [2.75, 3.05) is 37.6 Å². The van der Waals surface area contributed by atoms with E-state index in [1.165, 1.54) is 0 Å². The summed E-state index contributed by atoms with van der Waals surface area (Å²) < 4.78 is 0. The first-order valence-electron chi connectivity index (χ1n) is 8.81. The maximum Gasteiger partial charge on any atom is 0.249 e. The molecule has 25 heavy (non-hydrogen) atoms. The molecule has 0 aliphatic carbocycles.